The van der Waals surface area contributed by atoms with Crippen LogP contribution in [0.1, 0.15) is 96.8 Å². The molecule has 1 atom stereocenters. The molecule has 2 bridgehead atoms. The molecule has 0 amide bonds. The van der Waals surface area contributed by atoms with Crippen LogP contribution in [0.3, 0.4) is 0 Å². The molecule has 3 saturated heterocycles. The van der Waals surface area contributed by atoms with Crippen LogP contribution in [-0.2, 0) is 13.6 Å². The van der Waals surface area contributed by atoms with Gasteiger partial charge in [-0.25, -0.2) is 0 Å². The fourth-order valence-corrected chi connectivity index (χ4v) is 6.73. The van der Waals surface area contributed by atoms with Gasteiger partial charge in [0.05, 0.1) is 0 Å². The Morgan fingerprint density at radius 1 is 0.667 bits per heavy atom. The summed E-state index contributed by atoms with van der Waals surface area (Å²) in [4.78, 5) is 0. The molecule has 0 radical (unpaired) electrons. The van der Waals surface area contributed by atoms with Crippen LogP contribution in [0, 0.1) is 5.92 Å². The fraction of sp³-hybridized carbons (Fsp3) is 1.00. The Hall–Kier alpha value is 0.190. The van der Waals surface area contributed by atoms with Crippen molar-refractivity contribution in [2.45, 2.75) is 103 Å². The van der Waals surface area contributed by atoms with E-state index < -0.39 is 26.0 Å². The summed E-state index contributed by atoms with van der Waals surface area (Å²) < 4.78 is 16.9. The molecule has 3 aliphatic heterocycles. The number of aliphatic hydroxyl groups is 3. The Labute approximate surface area is 164 Å². The molecule has 0 aromatic heterocycles. The zero-order chi connectivity index (χ0) is 19.7. The van der Waals surface area contributed by atoms with Gasteiger partial charge >= 0.3 is 125 Å². The van der Waals surface area contributed by atoms with E-state index in [0.717, 1.165) is 19.3 Å². The van der Waals surface area contributed by atoms with Gasteiger partial charge in [0.25, 0.3) is 0 Å². The van der Waals surface area contributed by atoms with Crippen LogP contribution in [-0.4, -0.2) is 40.6 Å². The third kappa shape index (κ3) is 5.63. The maximum absolute atomic E-state index is 9.61. The predicted octanol–water partition coefficient (Wildman–Crippen LogP) is 5.00. The van der Waals surface area contributed by atoms with Gasteiger partial charge < -0.3 is 0 Å². The van der Waals surface area contributed by atoms with Gasteiger partial charge in [-0.15, -0.1) is 0 Å². The number of rotatable bonds is 18. The van der Waals surface area contributed by atoms with E-state index in [2.05, 4.69) is 6.92 Å². The standard InChI is InChI=1S/C20H41O6P/c1-2-3-4-5-6-7-8-9-10-11-12-13-14-15-19(16-21)20-24-27(17-22,18-23,25-20)26-20/h19,21-23H,2-18H2,1H3. The molecule has 162 valence electrons. The Kier molecular flexibility index (Phi) is 9.41. The van der Waals surface area contributed by atoms with Crippen LogP contribution < -0.4 is 0 Å². The average Bonchev–Trinajstić information content (AvgIpc) is 2.62. The first-order chi connectivity index (χ1) is 13.1. The number of hydrogen-bond donors (Lipinski definition) is 3. The molecule has 27 heavy (non-hydrogen) atoms. The first-order valence-electron chi connectivity index (χ1n) is 11.1. The van der Waals surface area contributed by atoms with E-state index in [4.69, 9.17) is 13.6 Å². The van der Waals surface area contributed by atoms with Crippen molar-refractivity contribution in [3.8, 4) is 0 Å². The van der Waals surface area contributed by atoms with Gasteiger partial charge in [0.1, 0.15) is 0 Å². The summed E-state index contributed by atoms with van der Waals surface area (Å²) in [6.07, 6.45) is 16.9. The van der Waals surface area contributed by atoms with E-state index >= 15 is 0 Å². The summed E-state index contributed by atoms with van der Waals surface area (Å²) >= 11 is 0. The van der Waals surface area contributed by atoms with Crippen molar-refractivity contribution in [1.29, 1.82) is 0 Å². The van der Waals surface area contributed by atoms with Gasteiger partial charge in [0.2, 0.25) is 0 Å². The minimum absolute atomic E-state index is 0.0817. The van der Waals surface area contributed by atoms with Crippen LogP contribution in [0.2, 0.25) is 0 Å². The molecule has 0 saturated carbocycles. The molecule has 3 aliphatic rings. The second-order valence-corrected chi connectivity index (χ2v) is 11.8. The summed E-state index contributed by atoms with van der Waals surface area (Å²) in [6, 6.07) is 0. The Morgan fingerprint density at radius 2 is 1.07 bits per heavy atom. The van der Waals surface area contributed by atoms with E-state index in [1.165, 1.54) is 70.6 Å². The molecule has 3 heterocycles. The quantitative estimate of drug-likeness (QED) is 0.218. The number of hydrogen-bond acceptors (Lipinski definition) is 6. The molecular weight excluding hydrogens is 367 g/mol. The van der Waals surface area contributed by atoms with Crippen LogP contribution in [0.25, 0.3) is 0 Å². The zero-order valence-corrected chi connectivity index (χ0v) is 18.0. The summed E-state index contributed by atoms with van der Waals surface area (Å²) in [5.74, 6) is -1.47. The van der Waals surface area contributed by atoms with E-state index in [-0.39, 0.29) is 12.5 Å². The maximum atomic E-state index is 9.61. The monoisotopic (exact) mass is 408 g/mol. The van der Waals surface area contributed by atoms with Gasteiger partial charge in [-0.1, -0.05) is 39.0 Å². The van der Waals surface area contributed by atoms with Crippen molar-refractivity contribution in [3.63, 3.8) is 0 Å². The van der Waals surface area contributed by atoms with E-state index in [0.29, 0.717) is 0 Å². The van der Waals surface area contributed by atoms with Crippen LogP contribution in [0.15, 0.2) is 0 Å². The van der Waals surface area contributed by atoms with Crippen LogP contribution in [0.4, 0.5) is 0 Å². The predicted molar refractivity (Wildman–Crippen MR) is 108 cm³/mol. The Morgan fingerprint density at radius 3 is 1.44 bits per heavy atom. The first kappa shape index (κ1) is 23.5. The molecule has 0 aromatic carbocycles. The normalized spacial score (nSPS) is 27.2. The molecule has 6 nitrogen and oxygen atoms in total. The van der Waals surface area contributed by atoms with Gasteiger partial charge in [0, 0.05) is 0 Å². The van der Waals surface area contributed by atoms with Crippen molar-refractivity contribution in [2.24, 2.45) is 5.92 Å². The molecule has 0 spiro atoms. The molecule has 0 aromatic rings. The summed E-state index contributed by atoms with van der Waals surface area (Å²) in [7, 11) is -3.56. The molecule has 7 heteroatoms. The summed E-state index contributed by atoms with van der Waals surface area (Å²) in [5.41, 5.74) is 0. The van der Waals surface area contributed by atoms with Crippen molar-refractivity contribution in [3.05, 3.63) is 0 Å². The molecule has 3 fully saturated rings. The van der Waals surface area contributed by atoms with Gasteiger partial charge in [0.15, 0.2) is 0 Å². The SMILES string of the molecule is CCCCCCCCCCCCCCCC(CO)C12OP(CO)(CO)(O1)O2. The topological polar surface area (TPSA) is 88.4 Å². The van der Waals surface area contributed by atoms with Crippen LogP contribution in [0.5, 0.6) is 0 Å². The minimum atomic E-state index is -3.56. The first-order valence-corrected chi connectivity index (χ1v) is 13.4. The van der Waals surface area contributed by atoms with E-state index in [1.807, 2.05) is 0 Å². The van der Waals surface area contributed by atoms with Gasteiger partial charge in [-0.2, -0.15) is 0 Å². The van der Waals surface area contributed by atoms with Gasteiger partial charge in [-0.3, -0.25) is 0 Å². The molecule has 0 aliphatic carbocycles. The van der Waals surface area contributed by atoms with E-state index in [9.17, 15) is 15.3 Å². The van der Waals surface area contributed by atoms with Crippen LogP contribution >= 0.6 is 7.28 Å². The van der Waals surface area contributed by atoms with Crippen molar-refractivity contribution in [1.82, 2.24) is 0 Å². The molecule has 1 unspecified atom stereocenters. The van der Waals surface area contributed by atoms with Crippen molar-refractivity contribution >= 4 is 7.28 Å². The third-order valence-corrected chi connectivity index (χ3v) is 8.99. The van der Waals surface area contributed by atoms with E-state index in [1.54, 1.807) is 0 Å². The molecular formula is C20H41O6P. The second kappa shape index (κ2) is 10.8. The number of aliphatic hydroxyl groups excluding tert-OH is 3. The van der Waals surface area contributed by atoms with Crippen molar-refractivity contribution < 1.29 is 28.9 Å². The second-order valence-electron chi connectivity index (χ2n) is 8.29. The summed E-state index contributed by atoms with van der Waals surface area (Å²) in [5, 5.41) is 28.3. The Bertz CT molecular complexity index is 402. The average molecular weight is 409 g/mol. The Balaban J connectivity index is 1.42. The third-order valence-electron chi connectivity index (χ3n) is 5.92. The molecule has 3 rings (SSSR count). The number of unbranched alkanes of at least 4 members (excludes halogenated alkanes) is 12. The van der Waals surface area contributed by atoms with Crippen molar-refractivity contribution in [2.75, 3.05) is 19.3 Å². The van der Waals surface area contributed by atoms with Gasteiger partial charge in [-0.05, 0) is 0 Å². The fourth-order valence-electron chi connectivity index (χ4n) is 4.10. The zero-order valence-electron chi connectivity index (χ0n) is 17.1. The molecule has 3 N–H and O–H groups in total. The summed E-state index contributed by atoms with van der Waals surface area (Å²) in [6.45, 7) is 2.18.